The van der Waals surface area contributed by atoms with E-state index in [4.69, 9.17) is 4.52 Å². The second-order valence-electron chi connectivity index (χ2n) is 7.14. The van der Waals surface area contributed by atoms with Crippen LogP contribution in [-0.2, 0) is 10.0 Å². The zero-order valence-electron chi connectivity index (χ0n) is 14.6. The number of thiophene rings is 1. The molecule has 4 heterocycles. The minimum Gasteiger partial charge on any atom is -0.361 e. The Morgan fingerprint density at radius 2 is 2.00 bits per heavy atom. The molecule has 0 radical (unpaired) electrons. The first kappa shape index (κ1) is 17.7. The van der Waals surface area contributed by atoms with Crippen LogP contribution in [-0.4, -0.2) is 54.9 Å². The molecule has 0 bridgehead atoms. The highest BCUT2D eigenvalue weighted by Crippen LogP contribution is 2.42. The number of aryl methyl sites for hydroxylation is 1. The summed E-state index contributed by atoms with van der Waals surface area (Å²) in [6.45, 7) is 4.11. The highest BCUT2D eigenvalue weighted by atomic mass is 32.2. The van der Waals surface area contributed by atoms with Crippen LogP contribution < -0.4 is 0 Å². The zero-order valence-corrected chi connectivity index (χ0v) is 16.2. The predicted octanol–water partition coefficient (Wildman–Crippen LogP) is 2.36. The largest absolute Gasteiger partial charge is 0.361 e. The normalized spacial score (nSPS) is 20.7. The molecule has 140 valence electrons. The molecule has 7 nitrogen and oxygen atoms in total. The number of aromatic nitrogens is 1. The highest BCUT2D eigenvalue weighted by Gasteiger charge is 2.44. The maximum atomic E-state index is 12.7. The van der Waals surface area contributed by atoms with Crippen LogP contribution in [0.1, 0.15) is 35.5 Å². The van der Waals surface area contributed by atoms with E-state index >= 15 is 0 Å². The minimum absolute atomic E-state index is 0.00983. The number of nitrogens with zero attached hydrogens (tertiary/aromatic N) is 3. The average Bonchev–Trinajstić information content (AvgIpc) is 3.36. The Morgan fingerprint density at radius 3 is 2.62 bits per heavy atom. The summed E-state index contributed by atoms with van der Waals surface area (Å²) in [5.41, 5.74) is 0.355. The summed E-state index contributed by atoms with van der Waals surface area (Å²) in [6, 6.07) is 5.07. The van der Waals surface area contributed by atoms with E-state index in [0.717, 1.165) is 19.3 Å². The van der Waals surface area contributed by atoms with Crippen LogP contribution in [0.15, 0.2) is 32.3 Å². The van der Waals surface area contributed by atoms with E-state index in [-0.39, 0.29) is 11.3 Å². The number of hydrogen-bond donors (Lipinski definition) is 0. The van der Waals surface area contributed by atoms with Gasteiger partial charge in [0.1, 0.15) is 9.97 Å². The first-order chi connectivity index (χ1) is 12.4. The van der Waals surface area contributed by atoms with Crippen molar-refractivity contribution >= 4 is 27.3 Å². The summed E-state index contributed by atoms with van der Waals surface area (Å²) >= 11 is 1.25. The molecule has 0 N–H and O–H groups in total. The van der Waals surface area contributed by atoms with Crippen molar-refractivity contribution in [3.8, 4) is 0 Å². The van der Waals surface area contributed by atoms with E-state index in [1.807, 2.05) is 4.90 Å². The van der Waals surface area contributed by atoms with Crippen LogP contribution in [0.25, 0.3) is 0 Å². The maximum Gasteiger partial charge on any atom is 0.276 e. The molecule has 2 saturated heterocycles. The number of rotatable bonds is 3. The Kier molecular flexibility index (Phi) is 4.40. The molecule has 2 fully saturated rings. The molecule has 2 aliphatic rings. The number of hydrogen-bond acceptors (Lipinski definition) is 6. The fourth-order valence-corrected chi connectivity index (χ4v) is 6.47. The summed E-state index contributed by atoms with van der Waals surface area (Å²) in [4.78, 5) is 14.4. The van der Waals surface area contributed by atoms with Crippen LogP contribution in [0.2, 0.25) is 0 Å². The number of carbonyl (C=O) groups excluding carboxylic acids is 1. The molecule has 0 aliphatic carbocycles. The number of amides is 1. The topological polar surface area (TPSA) is 83.7 Å². The smallest absolute Gasteiger partial charge is 0.276 e. The molecule has 2 aromatic heterocycles. The maximum absolute atomic E-state index is 12.7. The summed E-state index contributed by atoms with van der Waals surface area (Å²) in [5, 5.41) is 5.60. The van der Waals surface area contributed by atoms with Gasteiger partial charge >= 0.3 is 0 Å². The predicted molar refractivity (Wildman–Crippen MR) is 96.5 cm³/mol. The van der Waals surface area contributed by atoms with Crippen LogP contribution in [0, 0.1) is 12.3 Å². The monoisotopic (exact) mass is 395 g/mol. The lowest BCUT2D eigenvalue weighted by Crippen LogP contribution is -2.44. The third-order valence-electron chi connectivity index (χ3n) is 5.44. The van der Waals surface area contributed by atoms with Gasteiger partial charge in [0.2, 0.25) is 0 Å². The molecule has 0 aromatic carbocycles. The summed E-state index contributed by atoms with van der Waals surface area (Å²) in [7, 11) is -3.39. The summed E-state index contributed by atoms with van der Waals surface area (Å²) in [6.07, 6.45) is 2.46. The van der Waals surface area contributed by atoms with Gasteiger partial charge in [-0.05, 0) is 43.0 Å². The van der Waals surface area contributed by atoms with Crippen molar-refractivity contribution in [2.45, 2.75) is 30.4 Å². The Labute approximate surface area is 156 Å². The van der Waals surface area contributed by atoms with Gasteiger partial charge in [-0.25, -0.2) is 8.42 Å². The Morgan fingerprint density at radius 1 is 1.27 bits per heavy atom. The van der Waals surface area contributed by atoms with Crippen molar-refractivity contribution in [3.05, 3.63) is 35.0 Å². The zero-order chi connectivity index (χ0) is 18.4. The van der Waals surface area contributed by atoms with E-state index in [1.165, 1.54) is 11.3 Å². The molecular weight excluding hydrogens is 374 g/mol. The van der Waals surface area contributed by atoms with Crippen molar-refractivity contribution < 1.29 is 17.7 Å². The second-order valence-corrected chi connectivity index (χ2v) is 10.2. The van der Waals surface area contributed by atoms with Crippen molar-refractivity contribution in [2.24, 2.45) is 5.41 Å². The SMILES string of the molecule is Cc1cc(C(=O)N2CCC3(CCN(S(=O)(=O)c4cccs4)CC3)C2)no1. The van der Waals surface area contributed by atoms with Crippen molar-refractivity contribution in [1.82, 2.24) is 14.4 Å². The highest BCUT2D eigenvalue weighted by molar-refractivity contribution is 7.91. The molecule has 2 aromatic rings. The number of piperidine rings is 1. The van der Waals surface area contributed by atoms with E-state index < -0.39 is 10.0 Å². The minimum atomic E-state index is -3.39. The molecule has 26 heavy (non-hydrogen) atoms. The van der Waals surface area contributed by atoms with Gasteiger partial charge in [-0.15, -0.1) is 11.3 Å². The molecular formula is C17H21N3O4S2. The van der Waals surface area contributed by atoms with E-state index in [0.29, 0.717) is 41.8 Å². The van der Waals surface area contributed by atoms with Gasteiger partial charge in [0.05, 0.1) is 0 Å². The second kappa shape index (κ2) is 6.47. The lowest BCUT2D eigenvalue weighted by molar-refractivity contribution is 0.0740. The van der Waals surface area contributed by atoms with Crippen molar-refractivity contribution in [1.29, 1.82) is 0 Å². The number of likely N-dealkylation sites (tertiary alicyclic amines) is 1. The summed E-state index contributed by atoms with van der Waals surface area (Å²) in [5.74, 6) is 0.515. The van der Waals surface area contributed by atoms with Crippen LogP contribution >= 0.6 is 11.3 Å². The van der Waals surface area contributed by atoms with Gasteiger partial charge in [-0.2, -0.15) is 4.31 Å². The molecule has 1 spiro atoms. The van der Waals surface area contributed by atoms with E-state index in [1.54, 1.807) is 34.8 Å². The number of carbonyl (C=O) groups is 1. The molecule has 0 atom stereocenters. The molecule has 9 heteroatoms. The Bertz CT molecular complexity index is 896. The summed E-state index contributed by atoms with van der Waals surface area (Å²) < 4.78 is 32.3. The standard InChI is InChI=1S/C17H21N3O4S2/c1-13-11-14(18-24-13)16(21)19-7-4-17(12-19)5-8-20(9-6-17)26(22,23)15-3-2-10-25-15/h2-3,10-11H,4-9,12H2,1H3. The first-order valence-electron chi connectivity index (χ1n) is 8.66. The van der Waals surface area contributed by atoms with Gasteiger partial charge in [-0.1, -0.05) is 11.2 Å². The quantitative estimate of drug-likeness (QED) is 0.797. The Balaban J connectivity index is 1.41. The van der Waals surface area contributed by atoms with Crippen LogP contribution in [0.3, 0.4) is 0 Å². The third-order valence-corrected chi connectivity index (χ3v) is 8.72. The van der Waals surface area contributed by atoms with E-state index in [2.05, 4.69) is 5.16 Å². The lowest BCUT2D eigenvalue weighted by atomic mass is 9.78. The van der Waals surface area contributed by atoms with Gasteiger partial charge < -0.3 is 9.42 Å². The van der Waals surface area contributed by atoms with Gasteiger partial charge in [0, 0.05) is 32.2 Å². The van der Waals surface area contributed by atoms with Crippen LogP contribution in [0.5, 0.6) is 0 Å². The fourth-order valence-electron chi connectivity index (χ4n) is 3.88. The van der Waals surface area contributed by atoms with Gasteiger partial charge in [0.15, 0.2) is 5.69 Å². The Hall–Kier alpha value is -1.71. The van der Waals surface area contributed by atoms with E-state index in [9.17, 15) is 13.2 Å². The molecule has 4 rings (SSSR count). The third kappa shape index (κ3) is 3.08. The number of sulfonamides is 1. The average molecular weight is 396 g/mol. The van der Waals surface area contributed by atoms with Crippen LogP contribution in [0.4, 0.5) is 0 Å². The molecule has 2 aliphatic heterocycles. The van der Waals surface area contributed by atoms with Crippen molar-refractivity contribution in [2.75, 3.05) is 26.2 Å². The van der Waals surface area contributed by atoms with Crippen molar-refractivity contribution in [3.63, 3.8) is 0 Å². The first-order valence-corrected chi connectivity index (χ1v) is 11.0. The van der Waals surface area contributed by atoms with Gasteiger partial charge in [-0.3, -0.25) is 4.79 Å². The molecule has 0 saturated carbocycles. The van der Waals surface area contributed by atoms with Gasteiger partial charge in [0.25, 0.3) is 15.9 Å². The fraction of sp³-hybridized carbons (Fsp3) is 0.529. The molecule has 1 amide bonds. The lowest BCUT2D eigenvalue weighted by Gasteiger charge is -2.38. The molecule has 0 unspecified atom stereocenters.